The molecular formula is C13H15N5OS. The second-order valence-electron chi connectivity index (χ2n) is 4.54. The molecule has 1 fully saturated rings. The lowest BCUT2D eigenvalue weighted by Crippen LogP contribution is -2.49. The summed E-state index contributed by atoms with van der Waals surface area (Å²) in [5.74, 6) is -0.0955. The smallest absolute Gasteiger partial charge is 0.274 e. The van der Waals surface area contributed by atoms with Crippen LogP contribution in [0.15, 0.2) is 29.9 Å². The van der Waals surface area contributed by atoms with Crippen LogP contribution in [0.2, 0.25) is 0 Å². The van der Waals surface area contributed by atoms with Crippen molar-refractivity contribution in [1.82, 2.24) is 14.9 Å². The quantitative estimate of drug-likeness (QED) is 0.895. The van der Waals surface area contributed by atoms with Crippen molar-refractivity contribution in [1.29, 1.82) is 0 Å². The summed E-state index contributed by atoms with van der Waals surface area (Å²) in [7, 11) is 0. The zero-order chi connectivity index (χ0) is 13.9. The number of nitrogens with zero attached hydrogens (tertiary/aromatic N) is 4. The minimum Gasteiger partial charge on any atom is -0.397 e. The average molecular weight is 289 g/mol. The predicted octanol–water partition coefficient (Wildman–Crippen LogP) is 1.08. The molecule has 1 amide bonds. The summed E-state index contributed by atoms with van der Waals surface area (Å²) in [5.41, 5.74) is 6.58. The predicted molar refractivity (Wildman–Crippen MR) is 78.9 cm³/mol. The van der Waals surface area contributed by atoms with E-state index in [-0.39, 0.29) is 5.91 Å². The minimum absolute atomic E-state index is 0.0955. The molecule has 6 nitrogen and oxygen atoms in total. The molecule has 20 heavy (non-hydrogen) atoms. The Kier molecular flexibility index (Phi) is 3.51. The fourth-order valence-corrected chi connectivity index (χ4v) is 2.92. The van der Waals surface area contributed by atoms with Crippen molar-refractivity contribution in [2.45, 2.75) is 0 Å². The Balaban J connectivity index is 1.66. The number of hydrogen-bond donors (Lipinski definition) is 1. The number of nitrogens with two attached hydrogens (primary N) is 1. The van der Waals surface area contributed by atoms with E-state index in [9.17, 15) is 4.79 Å². The van der Waals surface area contributed by atoms with Crippen molar-refractivity contribution in [2.75, 3.05) is 36.8 Å². The van der Waals surface area contributed by atoms with Gasteiger partial charge >= 0.3 is 0 Å². The Bertz CT molecular complexity index is 593. The number of carbonyl (C=O) groups excluding carboxylic acids is 1. The van der Waals surface area contributed by atoms with Gasteiger partial charge in [0.15, 0.2) is 10.8 Å². The maximum Gasteiger partial charge on any atom is 0.274 e. The van der Waals surface area contributed by atoms with Crippen LogP contribution in [-0.2, 0) is 0 Å². The number of rotatable bonds is 2. The highest BCUT2D eigenvalue weighted by Crippen LogP contribution is 2.20. The number of carbonyl (C=O) groups is 1. The Morgan fingerprint density at radius 1 is 1.20 bits per heavy atom. The summed E-state index contributed by atoms with van der Waals surface area (Å²) in [4.78, 5) is 24.7. The van der Waals surface area contributed by atoms with Gasteiger partial charge in [0.25, 0.3) is 5.91 Å². The van der Waals surface area contributed by atoms with Crippen LogP contribution in [0.3, 0.4) is 0 Å². The van der Waals surface area contributed by atoms with Gasteiger partial charge in [-0.25, -0.2) is 9.97 Å². The van der Waals surface area contributed by atoms with Crippen molar-refractivity contribution in [3.8, 4) is 0 Å². The molecule has 2 aromatic heterocycles. The number of anilines is 2. The first-order valence-electron chi connectivity index (χ1n) is 6.40. The molecule has 1 saturated heterocycles. The Hall–Kier alpha value is -2.15. The van der Waals surface area contributed by atoms with Crippen molar-refractivity contribution < 1.29 is 4.79 Å². The van der Waals surface area contributed by atoms with Gasteiger partial charge in [-0.05, 0) is 12.1 Å². The fraction of sp³-hybridized carbons (Fsp3) is 0.308. The molecule has 2 N–H and O–H groups in total. The Morgan fingerprint density at radius 2 is 2.00 bits per heavy atom. The van der Waals surface area contributed by atoms with Gasteiger partial charge in [-0.3, -0.25) is 4.79 Å². The number of piperazine rings is 1. The normalized spacial score (nSPS) is 15.4. The number of nitrogen functional groups attached to an aromatic ring is 1. The average Bonchev–Trinajstić information content (AvgIpc) is 3.01. The summed E-state index contributed by atoms with van der Waals surface area (Å²) < 4.78 is 0. The standard InChI is InChI=1S/C13H15N5OS/c14-10-2-1-3-15-11(10)12(19)17-5-7-18(8-6-17)13-16-4-9-20-13/h1-4,9H,5-8,14H2. The van der Waals surface area contributed by atoms with Gasteiger partial charge in [-0.15, -0.1) is 11.3 Å². The van der Waals surface area contributed by atoms with E-state index in [1.807, 2.05) is 5.38 Å². The molecule has 0 unspecified atom stereocenters. The first-order chi connectivity index (χ1) is 9.75. The minimum atomic E-state index is -0.0955. The molecule has 104 valence electrons. The van der Waals surface area contributed by atoms with Gasteiger partial charge in [-0.1, -0.05) is 0 Å². The molecule has 3 heterocycles. The first-order valence-corrected chi connectivity index (χ1v) is 7.28. The monoisotopic (exact) mass is 289 g/mol. The van der Waals surface area contributed by atoms with Crippen LogP contribution in [0.25, 0.3) is 0 Å². The highest BCUT2D eigenvalue weighted by Gasteiger charge is 2.24. The zero-order valence-corrected chi connectivity index (χ0v) is 11.7. The molecule has 2 aromatic rings. The van der Waals surface area contributed by atoms with Crippen molar-refractivity contribution in [3.63, 3.8) is 0 Å². The Labute approximate surface area is 120 Å². The van der Waals surface area contributed by atoms with E-state index in [1.165, 1.54) is 0 Å². The SMILES string of the molecule is Nc1cccnc1C(=O)N1CCN(c2nccs2)CC1. The largest absolute Gasteiger partial charge is 0.397 e. The molecule has 7 heteroatoms. The lowest BCUT2D eigenvalue weighted by Gasteiger charge is -2.34. The van der Waals surface area contributed by atoms with Crippen LogP contribution in [0.4, 0.5) is 10.8 Å². The lowest BCUT2D eigenvalue weighted by molar-refractivity contribution is 0.0742. The van der Waals surface area contributed by atoms with Crippen molar-refractivity contribution in [2.24, 2.45) is 0 Å². The van der Waals surface area contributed by atoms with Gasteiger partial charge in [0.1, 0.15) is 0 Å². The van der Waals surface area contributed by atoms with Crippen LogP contribution >= 0.6 is 11.3 Å². The van der Waals surface area contributed by atoms with Crippen LogP contribution in [-0.4, -0.2) is 47.0 Å². The maximum atomic E-state index is 12.4. The Morgan fingerprint density at radius 3 is 2.65 bits per heavy atom. The lowest BCUT2D eigenvalue weighted by atomic mass is 10.2. The second-order valence-corrected chi connectivity index (χ2v) is 5.41. The third kappa shape index (κ3) is 2.44. The van der Waals surface area contributed by atoms with Gasteiger partial charge in [0.05, 0.1) is 5.69 Å². The third-order valence-electron chi connectivity index (χ3n) is 3.30. The van der Waals surface area contributed by atoms with Gasteiger partial charge in [-0.2, -0.15) is 0 Å². The molecule has 0 radical (unpaired) electrons. The number of pyridine rings is 1. The topological polar surface area (TPSA) is 75.3 Å². The highest BCUT2D eigenvalue weighted by atomic mass is 32.1. The molecule has 0 atom stereocenters. The summed E-state index contributed by atoms with van der Waals surface area (Å²) in [6, 6.07) is 3.43. The van der Waals surface area contributed by atoms with Gasteiger partial charge in [0, 0.05) is 44.0 Å². The number of thiazole rings is 1. The van der Waals surface area contributed by atoms with E-state index in [0.717, 1.165) is 18.2 Å². The zero-order valence-electron chi connectivity index (χ0n) is 10.9. The van der Waals surface area contributed by atoms with Crippen molar-refractivity contribution >= 4 is 28.1 Å². The second kappa shape index (κ2) is 5.46. The van der Waals surface area contributed by atoms with Crippen LogP contribution in [0.5, 0.6) is 0 Å². The number of hydrogen-bond acceptors (Lipinski definition) is 6. The van der Waals surface area contributed by atoms with E-state index < -0.39 is 0 Å². The molecule has 0 aliphatic carbocycles. The maximum absolute atomic E-state index is 12.4. The van der Waals surface area contributed by atoms with E-state index in [2.05, 4.69) is 14.9 Å². The van der Waals surface area contributed by atoms with E-state index in [4.69, 9.17) is 5.73 Å². The fourth-order valence-electron chi connectivity index (χ4n) is 2.22. The summed E-state index contributed by atoms with van der Waals surface area (Å²) in [6.45, 7) is 2.89. The van der Waals surface area contributed by atoms with Crippen LogP contribution in [0.1, 0.15) is 10.5 Å². The highest BCUT2D eigenvalue weighted by molar-refractivity contribution is 7.13. The first kappa shape index (κ1) is 12.9. The van der Waals surface area contributed by atoms with Crippen molar-refractivity contribution in [3.05, 3.63) is 35.6 Å². The van der Waals surface area contributed by atoms with Gasteiger partial charge < -0.3 is 15.5 Å². The molecule has 0 spiro atoms. The summed E-state index contributed by atoms with van der Waals surface area (Å²) in [5, 5.41) is 2.97. The summed E-state index contributed by atoms with van der Waals surface area (Å²) >= 11 is 1.62. The number of aromatic nitrogens is 2. The molecule has 0 aromatic carbocycles. The number of amides is 1. The molecule has 0 saturated carbocycles. The molecule has 3 rings (SSSR count). The third-order valence-corrected chi connectivity index (χ3v) is 4.13. The molecule has 1 aliphatic rings. The molecular weight excluding hydrogens is 274 g/mol. The van der Waals surface area contributed by atoms with E-state index >= 15 is 0 Å². The van der Waals surface area contributed by atoms with E-state index in [0.29, 0.717) is 24.5 Å². The molecule has 0 bridgehead atoms. The van der Waals surface area contributed by atoms with Gasteiger partial charge in [0.2, 0.25) is 0 Å². The molecule has 1 aliphatic heterocycles. The van der Waals surface area contributed by atoms with Crippen LogP contribution < -0.4 is 10.6 Å². The summed E-state index contributed by atoms with van der Waals surface area (Å²) in [6.07, 6.45) is 3.39. The van der Waals surface area contributed by atoms with E-state index in [1.54, 1.807) is 40.8 Å². The van der Waals surface area contributed by atoms with Crippen LogP contribution in [0, 0.1) is 0 Å².